The number of nitrogens with one attached hydrogen (secondary N) is 1. The predicted octanol–water partition coefficient (Wildman–Crippen LogP) is 1.65. The minimum atomic E-state index is -0.172. The zero-order valence-electron chi connectivity index (χ0n) is 9.82. The van der Waals surface area contributed by atoms with Gasteiger partial charge in [-0.05, 0) is 37.3 Å². The molecule has 2 unspecified atom stereocenters. The molecule has 1 aliphatic rings. The minimum absolute atomic E-state index is 0.172. The molecule has 1 aromatic heterocycles. The van der Waals surface area contributed by atoms with Crippen LogP contribution in [-0.2, 0) is 13.0 Å². The van der Waals surface area contributed by atoms with Crippen molar-refractivity contribution >= 4 is 0 Å². The number of nitrogens with zero attached hydrogens (tertiary/aromatic N) is 1. The zero-order valence-corrected chi connectivity index (χ0v) is 9.82. The fraction of sp³-hybridized carbons (Fsp3) is 0.615. The highest BCUT2D eigenvalue weighted by molar-refractivity contribution is 5.19. The van der Waals surface area contributed by atoms with Gasteiger partial charge >= 0.3 is 0 Å². The van der Waals surface area contributed by atoms with Gasteiger partial charge in [0, 0.05) is 18.8 Å². The summed E-state index contributed by atoms with van der Waals surface area (Å²) >= 11 is 0. The van der Waals surface area contributed by atoms with Crippen LogP contribution in [0.5, 0.6) is 0 Å². The first-order valence-electron chi connectivity index (χ1n) is 6.15. The molecule has 0 saturated heterocycles. The van der Waals surface area contributed by atoms with E-state index < -0.39 is 0 Å². The smallest absolute Gasteiger partial charge is 0.0693 e. The van der Waals surface area contributed by atoms with Gasteiger partial charge in [0.1, 0.15) is 0 Å². The van der Waals surface area contributed by atoms with Crippen LogP contribution in [0.2, 0.25) is 0 Å². The molecule has 3 nitrogen and oxygen atoms in total. The van der Waals surface area contributed by atoms with E-state index >= 15 is 0 Å². The van der Waals surface area contributed by atoms with Gasteiger partial charge in [0.15, 0.2) is 0 Å². The summed E-state index contributed by atoms with van der Waals surface area (Å²) < 4.78 is 0. The highest BCUT2D eigenvalue weighted by atomic mass is 16.3. The summed E-state index contributed by atoms with van der Waals surface area (Å²) in [7, 11) is 0. The molecule has 1 saturated carbocycles. The van der Waals surface area contributed by atoms with Gasteiger partial charge in [-0.15, -0.1) is 0 Å². The van der Waals surface area contributed by atoms with Crippen molar-refractivity contribution in [2.45, 2.75) is 51.3 Å². The van der Waals surface area contributed by atoms with Crippen molar-refractivity contribution in [1.29, 1.82) is 0 Å². The van der Waals surface area contributed by atoms with Crippen LogP contribution in [0.25, 0.3) is 0 Å². The molecule has 2 atom stereocenters. The third-order valence-corrected chi connectivity index (χ3v) is 3.38. The first-order valence-corrected chi connectivity index (χ1v) is 6.15. The standard InChI is InChI=1S/C13H20N2O/c1-2-10-5-4-8-14-12(10)9-15-11-6-3-7-13(11)16/h4-5,8,11,13,15-16H,2-3,6-7,9H2,1H3. The van der Waals surface area contributed by atoms with E-state index in [4.69, 9.17) is 0 Å². The predicted molar refractivity (Wildman–Crippen MR) is 64.1 cm³/mol. The zero-order chi connectivity index (χ0) is 11.4. The van der Waals surface area contributed by atoms with Gasteiger partial charge in [-0.2, -0.15) is 0 Å². The molecule has 0 aliphatic heterocycles. The van der Waals surface area contributed by atoms with Gasteiger partial charge in [0.05, 0.1) is 11.8 Å². The minimum Gasteiger partial charge on any atom is -0.392 e. The Bertz CT molecular complexity index is 340. The van der Waals surface area contributed by atoms with E-state index in [1.54, 1.807) is 0 Å². The second-order valence-electron chi connectivity index (χ2n) is 4.45. The lowest BCUT2D eigenvalue weighted by atomic mass is 10.1. The van der Waals surface area contributed by atoms with Gasteiger partial charge in [-0.1, -0.05) is 13.0 Å². The summed E-state index contributed by atoms with van der Waals surface area (Å²) in [5.41, 5.74) is 2.41. The molecule has 2 rings (SSSR count). The number of hydrogen-bond donors (Lipinski definition) is 2. The van der Waals surface area contributed by atoms with E-state index in [0.29, 0.717) is 0 Å². The van der Waals surface area contributed by atoms with Gasteiger partial charge in [0.25, 0.3) is 0 Å². The number of aryl methyl sites for hydroxylation is 1. The van der Waals surface area contributed by atoms with Crippen LogP contribution in [0.3, 0.4) is 0 Å². The molecule has 1 aromatic rings. The van der Waals surface area contributed by atoms with Crippen LogP contribution in [0.4, 0.5) is 0 Å². The molecular weight excluding hydrogens is 200 g/mol. The van der Waals surface area contributed by atoms with Crippen LogP contribution < -0.4 is 5.32 Å². The SMILES string of the molecule is CCc1cccnc1CNC1CCCC1O. The first-order chi connectivity index (χ1) is 7.81. The molecule has 16 heavy (non-hydrogen) atoms. The van der Waals surface area contributed by atoms with Crippen LogP contribution in [0.15, 0.2) is 18.3 Å². The van der Waals surface area contributed by atoms with Crippen molar-refractivity contribution in [1.82, 2.24) is 10.3 Å². The number of pyridine rings is 1. The highest BCUT2D eigenvalue weighted by Gasteiger charge is 2.24. The summed E-state index contributed by atoms with van der Waals surface area (Å²) in [6.07, 6.45) is 5.81. The Kier molecular flexibility index (Phi) is 3.91. The van der Waals surface area contributed by atoms with Crippen molar-refractivity contribution in [3.05, 3.63) is 29.6 Å². The third kappa shape index (κ3) is 2.60. The molecule has 1 aliphatic carbocycles. The summed E-state index contributed by atoms with van der Waals surface area (Å²) in [6.45, 7) is 2.91. The molecule has 0 spiro atoms. The Morgan fingerprint density at radius 3 is 3.06 bits per heavy atom. The molecule has 1 fully saturated rings. The maximum Gasteiger partial charge on any atom is 0.0693 e. The molecule has 0 radical (unpaired) electrons. The fourth-order valence-corrected chi connectivity index (χ4v) is 2.36. The molecular formula is C13H20N2O. The fourth-order valence-electron chi connectivity index (χ4n) is 2.36. The van der Waals surface area contributed by atoms with E-state index in [9.17, 15) is 5.11 Å². The number of hydrogen-bond acceptors (Lipinski definition) is 3. The number of aliphatic hydroxyl groups excluding tert-OH is 1. The summed E-state index contributed by atoms with van der Waals surface area (Å²) in [5, 5.41) is 13.1. The topological polar surface area (TPSA) is 45.2 Å². The largest absolute Gasteiger partial charge is 0.392 e. The van der Waals surface area contributed by atoms with Gasteiger partial charge in [-0.25, -0.2) is 0 Å². The maximum absolute atomic E-state index is 9.71. The maximum atomic E-state index is 9.71. The lowest BCUT2D eigenvalue weighted by molar-refractivity contribution is 0.148. The lowest BCUT2D eigenvalue weighted by Crippen LogP contribution is -2.35. The van der Waals surface area contributed by atoms with Crippen LogP contribution in [0, 0.1) is 0 Å². The number of aliphatic hydroxyl groups is 1. The van der Waals surface area contributed by atoms with Crippen molar-refractivity contribution < 1.29 is 5.11 Å². The molecule has 88 valence electrons. The highest BCUT2D eigenvalue weighted by Crippen LogP contribution is 2.19. The third-order valence-electron chi connectivity index (χ3n) is 3.38. The number of aromatic nitrogens is 1. The summed E-state index contributed by atoms with van der Waals surface area (Å²) in [4.78, 5) is 4.39. The van der Waals surface area contributed by atoms with Crippen molar-refractivity contribution in [3.8, 4) is 0 Å². The Hall–Kier alpha value is -0.930. The van der Waals surface area contributed by atoms with E-state index in [1.807, 2.05) is 12.3 Å². The molecule has 0 amide bonds. The Balaban J connectivity index is 1.93. The van der Waals surface area contributed by atoms with Crippen molar-refractivity contribution in [3.63, 3.8) is 0 Å². The second kappa shape index (κ2) is 5.41. The molecule has 2 N–H and O–H groups in total. The van der Waals surface area contributed by atoms with E-state index in [-0.39, 0.29) is 12.1 Å². The van der Waals surface area contributed by atoms with Crippen molar-refractivity contribution in [2.24, 2.45) is 0 Å². The Morgan fingerprint density at radius 2 is 2.38 bits per heavy atom. The molecule has 3 heteroatoms. The van der Waals surface area contributed by atoms with E-state index in [1.165, 1.54) is 5.56 Å². The normalized spacial score (nSPS) is 24.9. The van der Waals surface area contributed by atoms with E-state index in [0.717, 1.165) is 37.9 Å². The van der Waals surface area contributed by atoms with E-state index in [2.05, 4.69) is 23.3 Å². The summed E-state index contributed by atoms with van der Waals surface area (Å²) in [5.74, 6) is 0. The van der Waals surface area contributed by atoms with Gasteiger partial charge < -0.3 is 10.4 Å². The molecule has 1 heterocycles. The van der Waals surface area contributed by atoms with Crippen LogP contribution in [0.1, 0.15) is 37.4 Å². The summed E-state index contributed by atoms with van der Waals surface area (Å²) in [6, 6.07) is 4.36. The monoisotopic (exact) mass is 220 g/mol. The average Bonchev–Trinajstić information content (AvgIpc) is 2.72. The Morgan fingerprint density at radius 1 is 1.50 bits per heavy atom. The van der Waals surface area contributed by atoms with Crippen molar-refractivity contribution in [2.75, 3.05) is 0 Å². The van der Waals surface area contributed by atoms with Crippen LogP contribution in [-0.4, -0.2) is 22.2 Å². The van der Waals surface area contributed by atoms with Gasteiger partial charge in [0.2, 0.25) is 0 Å². The average molecular weight is 220 g/mol. The lowest BCUT2D eigenvalue weighted by Gasteiger charge is -2.17. The van der Waals surface area contributed by atoms with Crippen LogP contribution >= 0.6 is 0 Å². The molecule has 0 aromatic carbocycles. The number of rotatable bonds is 4. The quantitative estimate of drug-likeness (QED) is 0.811. The second-order valence-corrected chi connectivity index (χ2v) is 4.45. The first kappa shape index (κ1) is 11.6. The van der Waals surface area contributed by atoms with Gasteiger partial charge in [-0.3, -0.25) is 4.98 Å². The Labute approximate surface area is 96.9 Å². The molecule has 0 bridgehead atoms.